The Kier molecular flexibility index (Phi) is 4.61. The summed E-state index contributed by atoms with van der Waals surface area (Å²) >= 11 is 5.58. The molecule has 17 heavy (non-hydrogen) atoms. The summed E-state index contributed by atoms with van der Waals surface area (Å²) in [7, 11) is 0. The standard InChI is InChI=1S/C15H19ClO/c16-11-10-15(17)14-8-6-13(7-9-14)12-4-2-1-3-5-12/h6-9,12H,1-5,10-11H2. The first-order valence-electron chi connectivity index (χ1n) is 6.50. The summed E-state index contributed by atoms with van der Waals surface area (Å²) in [6.45, 7) is 0. The highest BCUT2D eigenvalue weighted by atomic mass is 35.5. The van der Waals surface area contributed by atoms with Crippen molar-refractivity contribution in [2.24, 2.45) is 0 Å². The summed E-state index contributed by atoms with van der Waals surface area (Å²) in [5, 5.41) is 0. The van der Waals surface area contributed by atoms with E-state index in [4.69, 9.17) is 11.6 Å². The van der Waals surface area contributed by atoms with Crippen molar-refractivity contribution < 1.29 is 4.79 Å². The number of halogens is 1. The fourth-order valence-electron chi connectivity index (χ4n) is 2.61. The first-order valence-corrected chi connectivity index (χ1v) is 7.04. The first-order chi connectivity index (χ1) is 8.31. The van der Waals surface area contributed by atoms with Gasteiger partial charge in [-0.2, -0.15) is 0 Å². The maximum atomic E-state index is 11.6. The minimum Gasteiger partial charge on any atom is -0.294 e. The van der Waals surface area contributed by atoms with Crippen molar-refractivity contribution in [3.05, 3.63) is 35.4 Å². The number of benzene rings is 1. The van der Waals surface area contributed by atoms with Crippen LogP contribution in [0.15, 0.2) is 24.3 Å². The predicted octanol–water partition coefficient (Wildman–Crippen LogP) is 4.55. The van der Waals surface area contributed by atoms with Crippen LogP contribution in [0.5, 0.6) is 0 Å². The Labute approximate surface area is 108 Å². The molecule has 0 aromatic heterocycles. The van der Waals surface area contributed by atoms with Crippen molar-refractivity contribution in [3.63, 3.8) is 0 Å². The Balaban J connectivity index is 2.04. The molecule has 0 amide bonds. The van der Waals surface area contributed by atoms with Crippen LogP contribution in [-0.2, 0) is 0 Å². The summed E-state index contributed by atoms with van der Waals surface area (Å²) in [6.07, 6.45) is 7.10. The van der Waals surface area contributed by atoms with Gasteiger partial charge in [-0.1, -0.05) is 43.5 Å². The zero-order valence-corrected chi connectivity index (χ0v) is 10.9. The van der Waals surface area contributed by atoms with Crippen molar-refractivity contribution >= 4 is 17.4 Å². The third kappa shape index (κ3) is 3.32. The van der Waals surface area contributed by atoms with E-state index in [1.54, 1.807) is 0 Å². The number of rotatable bonds is 4. The van der Waals surface area contributed by atoms with E-state index in [-0.39, 0.29) is 5.78 Å². The minimum absolute atomic E-state index is 0.148. The lowest BCUT2D eigenvalue weighted by Crippen LogP contribution is -2.05. The molecule has 0 saturated heterocycles. The molecule has 0 bridgehead atoms. The highest BCUT2D eigenvalue weighted by molar-refractivity contribution is 6.19. The van der Waals surface area contributed by atoms with E-state index >= 15 is 0 Å². The number of carbonyl (C=O) groups excluding carboxylic acids is 1. The predicted molar refractivity (Wildman–Crippen MR) is 71.9 cm³/mol. The molecule has 0 aliphatic heterocycles. The number of hydrogen-bond donors (Lipinski definition) is 0. The van der Waals surface area contributed by atoms with Crippen LogP contribution in [0, 0.1) is 0 Å². The lowest BCUT2D eigenvalue weighted by atomic mass is 9.84. The molecule has 92 valence electrons. The van der Waals surface area contributed by atoms with E-state index in [0.717, 1.165) is 5.56 Å². The average Bonchev–Trinajstić information content (AvgIpc) is 2.40. The summed E-state index contributed by atoms with van der Waals surface area (Å²) in [5.74, 6) is 1.26. The van der Waals surface area contributed by atoms with Gasteiger partial charge in [-0.15, -0.1) is 11.6 Å². The fraction of sp³-hybridized carbons (Fsp3) is 0.533. The molecule has 0 heterocycles. The molecule has 0 unspecified atom stereocenters. The number of alkyl halides is 1. The van der Waals surface area contributed by atoms with Crippen LogP contribution >= 0.6 is 11.6 Å². The van der Waals surface area contributed by atoms with Gasteiger partial charge in [0.25, 0.3) is 0 Å². The molecule has 2 rings (SSSR count). The normalized spacial score (nSPS) is 17.0. The lowest BCUT2D eigenvalue weighted by Gasteiger charge is -2.22. The molecule has 1 aromatic carbocycles. The SMILES string of the molecule is O=C(CCCl)c1ccc(C2CCCCC2)cc1. The van der Waals surface area contributed by atoms with E-state index in [9.17, 15) is 4.79 Å². The molecule has 1 aliphatic rings. The molecular formula is C15H19ClO. The molecule has 0 atom stereocenters. The monoisotopic (exact) mass is 250 g/mol. The quantitative estimate of drug-likeness (QED) is 0.566. The zero-order valence-electron chi connectivity index (χ0n) is 10.1. The summed E-state index contributed by atoms with van der Waals surface area (Å²) in [4.78, 5) is 11.6. The van der Waals surface area contributed by atoms with Crippen molar-refractivity contribution in [3.8, 4) is 0 Å². The van der Waals surface area contributed by atoms with Gasteiger partial charge < -0.3 is 0 Å². The van der Waals surface area contributed by atoms with Gasteiger partial charge in [0.2, 0.25) is 0 Å². The van der Waals surface area contributed by atoms with E-state index in [1.807, 2.05) is 12.1 Å². The van der Waals surface area contributed by atoms with Gasteiger partial charge in [0.05, 0.1) is 0 Å². The largest absolute Gasteiger partial charge is 0.294 e. The van der Waals surface area contributed by atoms with Gasteiger partial charge in [-0.3, -0.25) is 4.79 Å². The second kappa shape index (κ2) is 6.20. The highest BCUT2D eigenvalue weighted by Crippen LogP contribution is 2.32. The van der Waals surface area contributed by atoms with Gasteiger partial charge in [-0.25, -0.2) is 0 Å². The van der Waals surface area contributed by atoms with Crippen molar-refractivity contribution in [2.45, 2.75) is 44.4 Å². The third-order valence-electron chi connectivity index (χ3n) is 3.63. The minimum atomic E-state index is 0.148. The second-order valence-corrected chi connectivity index (χ2v) is 5.20. The number of carbonyl (C=O) groups is 1. The molecule has 0 N–H and O–H groups in total. The van der Waals surface area contributed by atoms with Crippen LogP contribution in [0.3, 0.4) is 0 Å². The van der Waals surface area contributed by atoms with Gasteiger partial charge >= 0.3 is 0 Å². The lowest BCUT2D eigenvalue weighted by molar-refractivity contribution is 0.0989. The Bertz CT molecular complexity index is 363. The van der Waals surface area contributed by atoms with Gasteiger partial charge in [0, 0.05) is 17.9 Å². The molecule has 1 aromatic rings. The average molecular weight is 251 g/mol. The molecule has 0 spiro atoms. The first kappa shape index (κ1) is 12.6. The van der Waals surface area contributed by atoms with E-state index in [1.165, 1.54) is 37.7 Å². The summed E-state index contributed by atoms with van der Waals surface area (Å²) in [5.41, 5.74) is 2.19. The van der Waals surface area contributed by atoms with Crippen molar-refractivity contribution in [1.82, 2.24) is 0 Å². The second-order valence-electron chi connectivity index (χ2n) is 4.82. The Morgan fingerprint density at radius 2 is 1.76 bits per heavy atom. The van der Waals surface area contributed by atoms with Crippen LogP contribution < -0.4 is 0 Å². The number of ketones is 1. The molecule has 1 aliphatic carbocycles. The van der Waals surface area contributed by atoms with Gasteiger partial charge in [-0.05, 0) is 24.3 Å². The van der Waals surface area contributed by atoms with Crippen LogP contribution in [-0.4, -0.2) is 11.7 Å². The summed E-state index contributed by atoms with van der Waals surface area (Å²) in [6, 6.07) is 8.16. The third-order valence-corrected chi connectivity index (χ3v) is 3.82. The van der Waals surface area contributed by atoms with Crippen LogP contribution in [0.1, 0.15) is 60.4 Å². The number of hydrogen-bond acceptors (Lipinski definition) is 1. The maximum Gasteiger partial charge on any atom is 0.164 e. The highest BCUT2D eigenvalue weighted by Gasteiger charge is 2.15. The van der Waals surface area contributed by atoms with Crippen LogP contribution in [0.2, 0.25) is 0 Å². The van der Waals surface area contributed by atoms with E-state index in [0.29, 0.717) is 18.2 Å². The van der Waals surface area contributed by atoms with Crippen LogP contribution in [0.4, 0.5) is 0 Å². The number of Topliss-reactive ketones (excluding diaryl/α,β-unsaturated/α-hetero) is 1. The molecular weight excluding hydrogens is 232 g/mol. The van der Waals surface area contributed by atoms with Crippen LogP contribution in [0.25, 0.3) is 0 Å². The molecule has 0 radical (unpaired) electrons. The smallest absolute Gasteiger partial charge is 0.164 e. The molecule has 1 fully saturated rings. The van der Waals surface area contributed by atoms with Gasteiger partial charge in [0.15, 0.2) is 5.78 Å². The van der Waals surface area contributed by atoms with Crippen molar-refractivity contribution in [2.75, 3.05) is 5.88 Å². The Morgan fingerprint density at radius 3 is 2.35 bits per heavy atom. The topological polar surface area (TPSA) is 17.1 Å². The Morgan fingerprint density at radius 1 is 1.12 bits per heavy atom. The summed E-state index contributed by atoms with van der Waals surface area (Å²) < 4.78 is 0. The van der Waals surface area contributed by atoms with E-state index in [2.05, 4.69) is 12.1 Å². The molecule has 1 saturated carbocycles. The maximum absolute atomic E-state index is 11.6. The zero-order chi connectivity index (χ0) is 12.1. The van der Waals surface area contributed by atoms with E-state index < -0.39 is 0 Å². The van der Waals surface area contributed by atoms with Gasteiger partial charge in [0.1, 0.15) is 0 Å². The molecule has 1 nitrogen and oxygen atoms in total. The fourth-order valence-corrected chi connectivity index (χ4v) is 2.78. The Hall–Kier alpha value is -0.820. The molecule has 2 heteroatoms. The van der Waals surface area contributed by atoms with Crippen molar-refractivity contribution in [1.29, 1.82) is 0 Å².